The maximum atomic E-state index is 12.2. The number of aromatic nitrogens is 1. The van der Waals surface area contributed by atoms with E-state index in [2.05, 4.69) is 4.98 Å². The second-order valence-corrected chi connectivity index (χ2v) is 5.41. The fourth-order valence-corrected chi connectivity index (χ4v) is 2.85. The summed E-state index contributed by atoms with van der Waals surface area (Å²) in [6, 6.07) is 1.67. The highest BCUT2D eigenvalue weighted by molar-refractivity contribution is 6.30. The molecule has 0 spiro atoms. The predicted octanol–water partition coefficient (Wildman–Crippen LogP) is 1.89. The summed E-state index contributed by atoms with van der Waals surface area (Å²) < 4.78 is 11.1. The maximum Gasteiger partial charge on any atom is 0.270 e. The van der Waals surface area contributed by atoms with Gasteiger partial charge in [-0.3, -0.25) is 4.79 Å². The molecule has 2 fully saturated rings. The average molecular weight is 285 g/mol. The number of halogens is 1. The first-order valence-corrected chi connectivity index (χ1v) is 6.98. The smallest absolute Gasteiger partial charge is 0.270 e. The zero-order chi connectivity index (χ0) is 13.2. The number of rotatable bonds is 2. The van der Waals surface area contributed by atoms with Crippen molar-refractivity contribution in [3.63, 3.8) is 0 Å². The van der Waals surface area contributed by atoms with Crippen molar-refractivity contribution in [1.82, 2.24) is 9.88 Å². The van der Waals surface area contributed by atoms with Crippen LogP contribution in [0.25, 0.3) is 0 Å². The molecule has 6 heteroatoms. The number of nitrogens with zero attached hydrogens (tertiary/aromatic N) is 1. The molecule has 1 amide bonds. The predicted molar refractivity (Wildman–Crippen MR) is 70.1 cm³/mol. The zero-order valence-electron chi connectivity index (χ0n) is 10.6. The molecule has 0 unspecified atom stereocenters. The van der Waals surface area contributed by atoms with Gasteiger partial charge in [0.2, 0.25) is 0 Å². The third-order valence-corrected chi connectivity index (χ3v) is 3.96. The highest BCUT2D eigenvalue weighted by Crippen LogP contribution is 2.26. The number of amides is 1. The van der Waals surface area contributed by atoms with E-state index in [1.165, 1.54) is 0 Å². The summed E-state index contributed by atoms with van der Waals surface area (Å²) in [5.74, 6) is 0.414. The van der Waals surface area contributed by atoms with Crippen LogP contribution in [0.1, 0.15) is 23.3 Å². The first-order chi connectivity index (χ1) is 9.24. The lowest BCUT2D eigenvalue weighted by Gasteiger charge is -2.33. The summed E-state index contributed by atoms with van der Waals surface area (Å²) >= 11 is 5.82. The minimum atomic E-state index is -0.0721. The molecule has 2 aliphatic rings. The van der Waals surface area contributed by atoms with E-state index in [9.17, 15) is 4.79 Å². The van der Waals surface area contributed by atoms with Gasteiger partial charge in [-0.15, -0.1) is 0 Å². The number of H-pyrrole nitrogens is 1. The Labute approximate surface area is 116 Å². The number of ether oxygens (including phenoxy) is 2. The first-order valence-electron chi connectivity index (χ1n) is 6.60. The molecule has 1 N–H and O–H groups in total. The number of nitrogens with one attached hydrogen (secondary N) is 1. The molecule has 3 heterocycles. The molecule has 1 aromatic heterocycles. The topological polar surface area (TPSA) is 54.6 Å². The van der Waals surface area contributed by atoms with Crippen molar-refractivity contribution >= 4 is 17.5 Å². The third-order valence-electron chi connectivity index (χ3n) is 3.74. The van der Waals surface area contributed by atoms with Crippen molar-refractivity contribution in [3.8, 4) is 0 Å². The maximum absolute atomic E-state index is 12.2. The van der Waals surface area contributed by atoms with Gasteiger partial charge in [0, 0.05) is 25.2 Å². The summed E-state index contributed by atoms with van der Waals surface area (Å²) in [7, 11) is 0. The van der Waals surface area contributed by atoms with Crippen molar-refractivity contribution in [2.45, 2.75) is 19.1 Å². The summed E-state index contributed by atoms with van der Waals surface area (Å²) in [6.45, 7) is 2.85. The Balaban J connectivity index is 1.56. The molecule has 0 aliphatic carbocycles. The molecule has 1 aromatic rings. The molecule has 0 saturated carbocycles. The largest absolute Gasteiger partial charge is 0.356 e. The molecule has 2 saturated heterocycles. The highest BCUT2D eigenvalue weighted by atomic mass is 35.5. The van der Waals surface area contributed by atoms with E-state index in [0.717, 1.165) is 25.9 Å². The van der Waals surface area contributed by atoms with Gasteiger partial charge in [0.05, 0.1) is 18.2 Å². The molecule has 0 bridgehead atoms. The van der Waals surface area contributed by atoms with Gasteiger partial charge in [0.15, 0.2) is 6.29 Å². The van der Waals surface area contributed by atoms with Crippen LogP contribution in [0, 0.1) is 5.92 Å². The minimum absolute atomic E-state index is 0.0126. The number of carbonyl (C=O) groups is 1. The molecule has 5 nitrogen and oxygen atoms in total. The number of piperidine rings is 1. The molecule has 19 heavy (non-hydrogen) atoms. The van der Waals surface area contributed by atoms with E-state index in [0.29, 0.717) is 29.8 Å². The molecular weight excluding hydrogens is 268 g/mol. The van der Waals surface area contributed by atoms with Crippen LogP contribution in [-0.2, 0) is 9.47 Å². The Morgan fingerprint density at radius 3 is 2.58 bits per heavy atom. The van der Waals surface area contributed by atoms with Crippen LogP contribution in [-0.4, -0.2) is 48.4 Å². The number of aromatic amines is 1. The SMILES string of the molecule is O=C(c1cc(Cl)c[nH]1)N1CCC(C2OCCO2)CC1. The number of likely N-dealkylation sites (tertiary alicyclic amines) is 1. The van der Waals surface area contributed by atoms with Crippen LogP contribution >= 0.6 is 11.6 Å². The van der Waals surface area contributed by atoms with Crippen molar-refractivity contribution in [2.75, 3.05) is 26.3 Å². The lowest BCUT2D eigenvalue weighted by Crippen LogP contribution is -2.41. The van der Waals surface area contributed by atoms with E-state index in [4.69, 9.17) is 21.1 Å². The van der Waals surface area contributed by atoms with Gasteiger partial charge in [-0.25, -0.2) is 0 Å². The van der Waals surface area contributed by atoms with E-state index >= 15 is 0 Å². The van der Waals surface area contributed by atoms with Gasteiger partial charge in [0.1, 0.15) is 5.69 Å². The Bertz CT molecular complexity index is 448. The van der Waals surface area contributed by atoms with Gasteiger partial charge in [-0.1, -0.05) is 11.6 Å². The van der Waals surface area contributed by atoms with E-state index in [1.54, 1.807) is 12.3 Å². The quantitative estimate of drug-likeness (QED) is 0.902. The first kappa shape index (κ1) is 13.0. The van der Waals surface area contributed by atoms with Crippen molar-refractivity contribution in [3.05, 3.63) is 23.0 Å². The average Bonchev–Trinajstić information content (AvgIpc) is 3.09. The van der Waals surface area contributed by atoms with Gasteiger partial charge in [-0.2, -0.15) is 0 Å². The Hall–Kier alpha value is -1.04. The van der Waals surface area contributed by atoms with Crippen LogP contribution in [0.4, 0.5) is 0 Å². The molecule has 104 valence electrons. The molecule has 0 atom stereocenters. The van der Waals surface area contributed by atoms with Crippen LogP contribution in [0.15, 0.2) is 12.3 Å². The number of carbonyl (C=O) groups excluding carboxylic acids is 1. The number of hydrogen-bond donors (Lipinski definition) is 1. The summed E-state index contributed by atoms with van der Waals surface area (Å²) in [5.41, 5.74) is 0.553. The highest BCUT2D eigenvalue weighted by Gasteiger charge is 2.32. The summed E-state index contributed by atoms with van der Waals surface area (Å²) in [4.78, 5) is 17.0. The Kier molecular flexibility index (Phi) is 3.77. The second-order valence-electron chi connectivity index (χ2n) is 4.97. The zero-order valence-corrected chi connectivity index (χ0v) is 11.4. The Morgan fingerprint density at radius 2 is 2.00 bits per heavy atom. The van der Waals surface area contributed by atoms with Gasteiger partial charge < -0.3 is 19.4 Å². The van der Waals surface area contributed by atoms with Crippen molar-refractivity contribution in [1.29, 1.82) is 0 Å². The molecule has 0 aromatic carbocycles. The van der Waals surface area contributed by atoms with Crippen LogP contribution in [0.3, 0.4) is 0 Å². The molecule has 0 radical (unpaired) electrons. The lowest BCUT2D eigenvalue weighted by atomic mass is 9.96. The van der Waals surface area contributed by atoms with Crippen LogP contribution in [0.2, 0.25) is 5.02 Å². The minimum Gasteiger partial charge on any atom is -0.356 e. The monoisotopic (exact) mass is 284 g/mol. The van der Waals surface area contributed by atoms with E-state index < -0.39 is 0 Å². The fourth-order valence-electron chi connectivity index (χ4n) is 2.69. The lowest BCUT2D eigenvalue weighted by molar-refractivity contribution is -0.0956. The van der Waals surface area contributed by atoms with Crippen molar-refractivity contribution in [2.24, 2.45) is 5.92 Å². The molecule has 3 rings (SSSR count). The third kappa shape index (κ3) is 2.78. The van der Waals surface area contributed by atoms with Gasteiger partial charge in [0.25, 0.3) is 5.91 Å². The summed E-state index contributed by atoms with van der Waals surface area (Å²) in [6.07, 6.45) is 3.40. The van der Waals surface area contributed by atoms with E-state index in [-0.39, 0.29) is 12.2 Å². The van der Waals surface area contributed by atoms with Crippen molar-refractivity contribution < 1.29 is 14.3 Å². The fraction of sp³-hybridized carbons (Fsp3) is 0.615. The van der Waals surface area contributed by atoms with E-state index in [1.807, 2.05) is 4.90 Å². The van der Waals surface area contributed by atoms with Gasteiger partial charge >= 0.3 is 0 Å². The van der Waals surface area contributed by atoms with Crippen LogP contribution < -0.4 is 0 Å². The second kappa shape index (κ2) is 5.53. The molecule has 2 aliphatic heterocycles. The Morgan fingerprint density at radius 1 is 1.32 bits per heavy atom. The summed E-state index contributed by atoms with van der Waals surface area (Å²) in [5, 5.41) is 0.561. The molecular formula is C13H17ClN2O3. The number of hydrogen-bond acceptors (Lipinski definition) is 3. The standard InChI is InChI=1S/C13H17ClN2O3/c14-10-7-11(15-8-10)12(17)16-3-1-9(2-4-16)13-18-5-6-19-13/h7-9,13,15H,1-6H2. The van der Waals surface area contributed by atoms with Crippen LogP contribution in [0.5, 0.6) is 0 Å². The normalized spacial score (nSPS) is 22.1. The van der Waals surface area contributed by atoms with Gasteiger partial charge in [-0.05, 0) is 18.9 Å².